The first-order valence-electron chi connectivity index (χ1n) is 12.3. The second-order valence-corrected chi connectivity index (χ2v) is 10.9. The monoisotopic (exact) mass is 500 g/mol. The van der Waals surface area contributed by atoms with Crippen molar-refractivity contribution in [2.24, 2.45) is 11.8 Å². The van der Waals surface area contributed by atoms with Crippen LogP contribution < -0.4 is 4.90 Å². The third-order valence-electron chi connectivity index (χ3n) is 6.73. The molecule has 1 saturated heterocycles. The van der Waals surface area contributed by atoms with Gasteiger partial charge in [0.15, 0.2) is 0 Å². The van der Waals surface area contributed by atoms with Crippen LogP contribution in [-0.4, -0.2) is 29.8 Å². The van der Waals surface area contributed by atoms with Gasteiger partial charge in [-0.15, -0.1) is 0 Å². The van der Waals surface area contributed by atoms with Gasteiger partial charge in [-0.05, 0) is 60.2 Å². The Labute approximate surface area is 215 Å². The second-order valence-electron chi connectivity index (χ2n) is 9.84. The number of likely N-dealkylation sites (tertiary alicyclic amines) is 1. The third-order valence-corrected chi connectivity index (χ3v) is 7.81. The number of halogens is 1. The number of carbonyl (C=O) groups is 2. The van der Waals surface area contributed by atoms with E-state index in [4.69, 9.17) is 0 Å². The number of rotatable bonds is 4. The summed E-state index contributed by atoms with van der Waals surface area (Å²) in [5.74, 6) is 0.570. The molecule has 184 valence electrons. The number of thioether (sulfide) groups is 1. The van der Waals surface area contributed by atoms with E-state index in [1.54, 1.807) is 23.1 Å². The van der Waals surface area contributed by atoms with E-state index in [1.165, 1.54) is 17.8 Å². The average molecular weight is 501 g/mol. The Kier molecular flexibility index (Phi) is 6.97. The highest BCUT2D eigenvalue weighted by molar-refractivity contribution is 8.04. The topological polar surface area (TPSA) is 40.6 Å². The van der Waals surface area contributed by atoms with Crippen LogP contribution in [0.4, 0.5) is 10.1 Å². The van der Waals surface area contributed by atoms with Crippen molar-refractivity contribution in [2.75, 3.05) is 18.0 Å². The molecule has 6 heteroatoms. The predicted octanol–water partition coefficient (Wildman–Crippen LogP) is 6.62. The number of para-hydroxylation sites is 1. The fraction of sp³-hybridized carbons (Fsp3) is 0.267. The van der Waals surface area contributed by atoms with Crippen LogP contribution in [0.2, 0.25) is 0 Å². The fourth-order valence-corrected chi connectivity index (χ4v) is 6.16. The first-order valence-corrected chi connectivity index (χ1v) is 13.1. The van der Waals surface area contributed by atoms with Crippen LogP contribution >= 0.6 is 11.8 Å². The second kappa shape index (κ2) is 10.3. The van der Waals surface area contributed by atoms with Crippen molar-refractivity contribution in [3.05, 3.63) is 100 Å². The summed E-state index contributed by atoms with van der Waals surface area (Å²) < 4.78 is 14.4. The molecule has 2 heterocycles. The quantitative estimate of drug-likeness (QED) is 0.378. The summed E-state index contributed by atoms with van der Waals surface area (Å²) in [7, 11) is 0. The number of piperidine rings is 1. The Morgan fingerprint density at radius 3 is 2.36 bits per heavy atom. The maximum Gasteiger partial charge on any atom is 0.265 e. The molecule has 0 saturated carbocycles. The van der Waals surface area contributed by atoms with Gasteiger partial charge in [0.1, 0.15) is 5.82 Å². The van der Waals surface area contributed by atoms with Gasteiger partial charge in [-0.1, -0.05) is 68.1 Å². The third kappa shape index (κ3) is 5.09. The summed E-state index contributed by atoms with van der Waals surface area (Å²) in [4.78, 5) is 31.6. The smallest absolute Gasteiger partial charge is 0.265 e. The van der Waals surface area contributed by atoms with E-state index in [1.807, 2.05) is 59.5 Å². The highest BCUT2D eigenvalue weighted by atomic mass is 32.2. The lowest BCUT2D eigenvalue weighted by molar-refractivity contribution is -0.114. The standard InChI is InChI=1S/C30H29FN2O2S/c1-20-15-21(2)18-32(17-20)29(34)23-13-11-22(12-14-23)16-28-30(35)33(19-24-7-3-4-8-25(24)31)26-9-5-6-10-27(26)36-28/h3-14,16,20-21H,15,17-19H2,1-2H3/b28-16-/t20-,21+. The molecule has 36 heavy (non-hydrogen) atoms. The van der Waals surface area contributed by atoms with Gasteiger partial charge in [-0.25, -0.2) is 4.39 Å². The molecular weight excluding hydrogens is 471 g/mol. The number of anilines is 1. The molecule has 0 unspecified atom stereocenters. The molecule has 2 amide bonds. The molecule has 0 aromatic heterocycles. The summed E-state index contributed by atoms with van der Waals surface area (Å²) in [6, 6.07) is 21.6. The Morgan fingerprint density at radius 1 is 0.972 bits per heavy atom. The number of nitrogens with zero attached hydrogens (tertiary/aromatic N) is 2. The number of benzene rings is 3. The number of hydrogen-bond acceptors (Lipinski definition) is 3. The molecule has 1 fully saturated rings. The number of fused-ring (bicyclic) bond motifs is 1. The normalized spacial score (nSPS) is 21.0. The van der Waals surface area contributed by atoms with E-state index in [9.17, 15) is 14.0 Å². The van der Waals surface area contributed by atoms with Gasteiger partial charge >= 0.3 is 0 Å². The van der Waals surface area contributed by atoms with Crippen LogP contribution in [0.5, 0.6) is 0 Å². The van der Waals surface area contributed by atoms with Gasteiger partial charge in [0.25, 0.3) is 11.8 Å². The van der Waals surface area contributed by atoms with Crippen molar-refractivity contribution in [1.82, 2.24) is 4.90 Å². The number of carbonyl (C=O) groups excluding carboxylic acids is 2. The van der Waals surface area contributed by atoms with Crippen molar-refractivity contribution < 1.29 is 14.0 Å². The van der Waals surface area contributed by atoms with Crippen LogP contribution in [0.3, 0.4) is 0 Å². The largest absolute Gasteiger partial charge is 0.338 e. The maximum absolute atomic E-state index is 14.4. The van der Waals surface area contributed by atoms with Crippen LogP contribution in [0, 0.1) is 17.7 Å². The summed E-state index contributed by atoms with van der Waals surface area (Å²) in [6.07, 6.45) is 3.00. The SMILES string of the molecule is C[C@@H]1C[C@H](C)CN(C(=O)c2ccc(/C=C3\Sc4ccccc4N(Cc4ccccc4F)C3=O)cc2)C1. The highest BCUT2D eigenvalue weighted by Crippen LogP contribution is 2.42. The van der Waals surface area contributed by atoms with Gasteiger partial charge in [0, 0.05) is 29.1 Å². The highest BCUT2D eigenvalue weighted by Gasteiger charge is 2.30. The van der Waals surface area contributed by atoms with E-state index >= 15 is 0 Å². The summed E-state index contributed by atoms with van der Waals surface area (Å²) in [5.41, 5.74) is 2.75. The summed E-state index contributed by atoms with van der Waals surface area (Å²) in [6.45, 7) is 6.12. The lowest BCUT2D eigenvalue weighted by Gasteiger charge is -2.35. The molecule has 0 N–H and O–H groups in total. The van der Waals surface area contributed by atoms with E-state index in [-0.39, 0.29) is 24.2 Å². The van der Waals surface area contributed by atoms with Crippen molar-refractivity contribution >= 4 is 35.3 Å². The minimum Gasteiger partial charge on any atom is -0.338 e. The Morgan fingerprint density at radius 2 is 1.64 bits per heavy atom. The lowest BCUT2D eigenvalue weighted by atomic mass is 9.91. The summed E-state index contributed by atoms with van der Waals surface area (Å²) >= 11 is 1.41. The van der Waals surface area contributed by atoms with Crippen LogP contribution in [0.15, 0.2) is 82.6 Å². The van der Waals surface area contributed by atoms with E-state index < -0.39 is 0 Å². The van der Waals surface area contributed by atoms with Gasteiger partial charge in [-0.3, -0.25) is 9.59 Å². The first-order chi connectivity index (χ1) is 17.4. The predicted molar refractivity (Wildman–Crippen MR) is 143 cm³/mol. The molecule has 4 nitrogen and oxygen atoms in total. The molecule has 2 aliphatic rings. The number of hydrogen-bond donors (Lipinski definition) is 0. The van der Waals surface area contributed by atoms with Crippen molar-refractivity contribution in [1.29, 1.82) is 0 Å². The molecule has 0 spiro atoms. The van der Waals surface area contributed by atoms with Crippen LogP contribution in [0.1, 0.15) is 41.8 Å². The zero-order valence-electron chi connectivity index (χ0n) is 20.5. The molecule has 3 aromatic rings. The Hall–Kier alpha value is -3.38. The molecule has 3 aromatic carbocycles. The molecule has 2 aliphatic heterocycles. The molecule has 0 aliphatic carbocycles. The molecule has 2 atom stereocenters. The van der Waals surface area contributed by atoms with E-state index in [0.29, 0.717) is 27.9 Å². The van der Waals surface area contributed by atoms with Crippen molar-refractivity contribution in [3.8, 4) is 0 Å². The van der Waals surface area contributed by atoms with Gasteiger partial charge in [0.05, 0.1) is 17.1 Å². The van der Waals surface area contributed by atoms with Gasteiger partial charge in [-0.2, -0.15) is 0 Å². The van der Waals surface area contributed by atoms with Gasteiger partial charge < -0.3 is 9.80 Å². The minimum absolute atomic E-state index is 0.0562. The summed E-state index contributed by atoms with van der Waals surface area (Å²) in [5, 5.41) is 0. The van der Waals surface area contributed by atoms with Gasteiger partial charge in [0.2, 0.25) is 0 Å². The fourth-order valence-electron chi connectivity index (χ4n) is 5.10. The van der Waals surface area contributed by atoms with Crippen molar-refractivity contribution in [3.63, 3.8) is 0 Å². The van der Waals surface area contributed by atoms with E-state index in [0.717, 1.165) is 35.7 Å². The molecule has 0 bridgehead atoms. The minimum atomic E-state index is -0.329. The number of amides is 2. The average Bonchev–Trinajstić information content (AvgIpc) is 2.87. The Balaban J connectivity index is 1.39. The molecule has 5 rings (SSSR count). The zero-order chi connectivity index (χ0) is 25.2. The zero-order valence-corrected chi connectivity index (χ0v) is 21.3. The van der Waals surface area contributed by atoms with Crippen LogP contribution in [-0.2, 0) is 11.3 Å². The van der Waals surface area contributed by atoms with E-state index in [2.05, 4.69) is 13.8 Å². The van der Waals surface area contributed by atoms with Crippen molar-refractivity contribution in [2.45, 2.75) is 31.7 Å². The molecule has 0 radical (unpaired) electrons. The maximum atomic E-state index is 14.4. The first kappa shape index (κ1) is 24.3. The lowest BCUT2D eigenvalue weighted by Crippen LogP contribution is -2.42. The Bertz CT molecular complexity index is 1310. The molecular formula is C30H29FN2O2S. The van der Waals surface area contributed by atoms with Crippen LogP contribution in [0.25, 0.3) is 6.08 Å².